The lowest BCUT2D eigenvalue weighted by Gasteiger charge is -2.40. The summed E-state index contributed by atoms with van der Waals surface area (Å²) in [5.41, 5.74) is 0. The molecule has 1 amide bonds. The normalized spacial score (nSPS) is 24.9. The SMILES string of the molecule is O=C([C@@H]1CCCCN1S(=O)(=O)c1ccc(Br)cc1)N1CCC[C@H](C(F)(F)F)C1. The minimum Gasteiger partial charge on any atom is -0.341 e. The lowest BCUT2D eigenvalue weighted by molar-refractivity contribution is -0.188. The highest BCUT2D eigenvalue weighted by Crippen LogP contribution is 2.34. The number of piperidine rings is 2. The number of hydrogen-bond donors (Lipinski definition) is 0. The Kier molecular flexibility index (Phi) is 6.41. The average Bonchev–Trinajstić information content (AvgIpc) is 2.67. The predicted octanol–water partition coefficient (Wildman–Crippen LogP) is 3.79. The van der Waals surface area contributed by atoms with Crippen LogP contribution in [0.5, 0.6) is 0 Å². The molecule has 0 aliphatic carbocycles. The third-order valence-corrected chi connectivity index (χ3v) is 7.81. The highest BCUT2D eigenvalue weighted by molar-refractivity contribution is 9.10. The number of nitrogens with zero attached hydrogens (tertiary/aromatic N) is 2. The van der Waals surface area contributed by atoms with Crippen LogP contribution < -0.4 is 0 Å². The van der Waals surface area contributed by atoms with Gasteiger partial charge in [0.25, 0.3) is 0 Å². The number of carbonyl (C=O) groups excluding carboxylic acids is 1. The van der Waals surface area contributed by atoms with Gasteiger partial charge in [-0.1, -0.05) is 22.4 Å². The molecule has 3 rings (SSSR count). The minimum atomic E-state index is -4.35. The van der Waals surface area contributed by atoms with Gasteiger partial charge >= 0.3 is 6.18 Å². The molecule has 0 unspecified atom stereocenters. The van der Waals surface area contributed by atoms with Crippen molar-refractivity contribution < 1.29 is 26.4 Å². The van der Waals surface area contributed by atoms with Gasteiger partial charge in [0.1, 0.15) is 6.04 Å². The van der Waals surface area contributed by atoms with Crippen LogP contribution in [0.15, 0.2) is 33.6 Å². The van der Waals surface area contributed by atoms with Gasteiger partial charge in [0, 0.05) is 24.1 Å². The van der Waals surface area contributed by atoms with Crippen molar-refractivity contribution in [2.45, 2.75) is 49.2 Å². The molecule has 156 valence electrons. The molecule has 5 nitrogen and oxygen atoms in total. The van der Waals surface area contributed by atoms with Gasteiger partial charge in [-0.25, -0.2) is 8.42 Å². The van der Waals surface area contributed by atoms with Crippen molar-refractivity contribution >= 4 is 31.9 Å². The molecule has 1 aromatic rings. The lowest BCUT2D eigenvalue weighted by atomic mass is 9.95. The zero-order valence-corrected chi connectivity index (χ0v) is 17.6. The second-order valence-corrected chi connectivity index (χ2v) is 10.1. The maximum Gasteiger partial charge on any atom is 0.393 e. The molecule has 0 saturated carbocycles. The van der Waals surface area contributed by atoms with Crippen LogP contribution in [0, 0.1) is 5.92 Å². The van der Waals surface area contributed by atoms with Gasteiger partial charge in [-0.15, -0.1) is 0 Å². The van der Waals surface area contributed by atoms with Gasteiger partial charge in [-0.05, 0) is 49.9 Å². The van der Waals surface area contributed by atoms with E-state index in [4.69, 9.17) is 0 Å². The fraction of sp³-hybridized carbons (Fsp3) is 0.611. The molecule has 2 aliphatic heterocycles. The van der Waals surface area contributed by atoms with Gasteiger partial charge < -0.3 is 4.90 Å². The van der Waals surface area contributed by atoms with Crippen LogP contribution in [-0.4, -0.2) is 55.4 Å². The van der Waals surface area contributed by atoms with Gasteiger partial charge in [0.2, 0.25) is 15.9 Å². The van der Waals surface area contributed by atoms with Crippen LogP contribution in [0.25, 0.3) is 0 Å². The first-order valence-electron chi connectivity index (χ1n) is 9.23. The summed E-state index contributed by atoms with van der Waals surface area (Å²) in [5.74, 6) is -2.07. The first kappa shape index (κ1) is 21.6. The van der Waals surface area contributed by atoms with Crippen LogP contribution in [0.1, 0.15) is 32.1 Å². The Bertz CT molecular complexity index is 814. The van der Waals surface area contributed by atoms with E-state index in [0.29, 0.717) is 19.3 Å². The lowest BCUT2D eigenvalue weighted by Crippen LogP contribution is -2.55. The highest BCUT2D eigenvalue weighted by atomic mass is 79.9. The molecule has 1 aromatic carbocycles. The number of rotatable bonds is 3. The van der Waals surface area contributed by atoms with Crippen LogP contribution in [-0.2, 0) is 14.8 Å². The van der Waals surface area contributed by atoms with Gasteiger partial charge in [0.05, 0.1) is 10.8 Å². The van der Waals surface area contributed by atoms with Crippen LogP contribution in [0.4, 0.5) is 13.2 Å². The van der Waals surface area contributed by atoms with E-state index in [1.807, 2.05) is 0 Å². The van der Waals surface area contributed by atoms with E-state index in [-0.39, 0.29) is 30.8 Å². The molecule has 2 heterocycles. The fourth-order valence-electron chi connectivity index (χ4n) is 3.84. The summed E-state index contributed by atoms with van der Waals surface area (Å²) in [6, 6.07) is 5.17. The van der Waals surface area contributed by atoms with Crippen molar-refractivity contribution in [1.82, 2.24) is 9.21 Å². The molecule has 2 atom stereocenters. The van der Waals surface area contributed by atoms with Crippen molar-refractivity contribution in [2.75, 3.05) is 19.6 Å². The summed E-state index contributed by atoms with van der Waals surface area (Å²) in [7, 11) is -3.91. The Morgan fingerprint density at radius 3 is 2.36 bits per heavy atom. The average molecular weight is 483 g/mol. The van der Waals surface area contributed by atoms with Crippen LogP contribution in [0.3, 0.4) is 0 Å². The van der Waals surface area contributed by atoms with Crippen molar-refractivity contribution in [3.63, 3.8) is 0 Å². The van der Waals surface area contributed by atoms with Crippen LogP contribution >= 0.6 is 15.9 Å². The van der Waals surface area contributed by atoms with Gasteiger partial charge in [0.15, 0.2) is 0 Å². The number of hydrogen-bond acceptors (Lipinski definition) is 3. The summed E-state index contributed by atoms with van der Waals surface area (Å²) in [6.45, 7) is 0.0183. The molecule has 0 bridgehead atoms. The van der Waals surface area contributed by atoms with Crippen molar-refractivity contribution in [3.8, 4) is 0 Å². The highest BCUT2D eigenvalue weighted by Gasteiger charge is 2.45. The summed E-state index contributed by atoms with van der Waals surface area (Å²) >= 11 is 3.26. The molecular weight excluding hydrogens is 461 g/mol. The first-order valence-corrected chi connectivity index (χ1v) is 11.5. The topological polar surface area (TPSA) is 57.7 Å². The Hall–Kier alpha value is -1.13. The van der Waals surface area contributed by atoms with Gasteiger partial charge in [-0.3, -0.25) is 4.79 Å². The van der Waals surface area contributed by atoms with Crippen LogP contribution in [0.2, 0.25) is 0 Å². The number of alkyl halides is 3. The van der Waals surface area contributed by atoms with E-state index >= 15 is 0 Å². The van der Waals surface area contributed by atoms with Crippen molar-refractivity contribution in [3.05, 3.63) is 28.7 Å². The van der Waals surface area contributed by atoms with Crippen molar-refractivity contribution in [2.24, 2.45) is 5.92 Å². The van der Waals surface area contributed by atoms with E-state index in [2.05, 4.69) is 15.9 Å². The monoisotopic (exact) mass is 482 g/mol. The Morgan fingerprint density at radius 1 is 1.04 bits per heavy atom. The number of sulfonamides is 1. The smallest absolute Gasteiger partial charge is 0.341 e. The van der Waals surface area contributed by atoms with E-state index in [1.165, 1.54) is 21.3 Å². The summed E-state index contributed by atoms with van der Waals surface area (Å²) in [4.78, 5) is 14.3. The quantitative estimate of drug-likeness (QED) is 0.658. The molecule has 0 aromatic heterocycles. The first-order chi connectivity index (χ1) is 13.1. The van der Waals surface area contributed by atoms with E-state index in [0.717, 1.165) is 4.47 Å². The summed E-state index contributed by atoms with van der Waals surface area (Å²) in [5, 5.41) is 0. The molecule has 10 heteroatoms. The second-order valence-electron chi connectivity index (χ2n) is 7.25. The molecule has 28 heavy (non-hydrogen) atoms. The molecular formula is C18H22BrF3N2O3S. The third-order valence-electron chi connectivity index (χ3n) is 5.35. The maximum absolute atomic E-state index is 13.1. The van der Waals surface area contributed by atoms with E-state index < -0.39 is 40.6 Å². The molecule has 2 fully saturated rings. The predicted molar refractivity (Wildman–Crippen MR) is 101 cm³/mol. The zero-order valence-electron chi connectivity index (χ0n) is 15.2. The number of benzene rings is 1. The molecule has 0 spiro atoms. The summed E-state index contributed by atoms with van der Waals surface area (Å²) in [6.07, 6.45) is -2.48. The van der Waals surface area contributed by atoms with Gasteiger partial charge in [-0.2, -0.15) is 17.5 Å². The Morgan fingerprint density at radius 2 is 1.71 bits per heavy atom. The molecule has 0 radical (unpaired) electrons. The summed E-state index contributed by atoms with van der Waals surface area (Å²) < 4.78 is 67.3. The number of likely N-dealkylation sites (tertiary alicyclic amines) is 1. The zero-order chi connectivity index (χ0) is 20.5. The van der Waals surface area contributed by atoms with E-state index in [9.17, 15) is 26.4 Å². The molecule has 0 N–H and O–H groups in total. The third kappa shape index (κ3) is 4.54. The number of carbonyl (C=O) groups is 1. The second kappa shape index (κ2) is 8.31. The number of halogens is 4. The number of amides is 1. The standard InChI is InChI=1S/C18H22BrF3N2O3S/c19-14-6-8-15(9-7-14)28(26,27)24-11-2-1-5-16(24)17(25)23-10-3-4-13(12-23)18(20,21)22/h6-9,13,16H,1-5,10-12H2/t13-,16-/m0/s1. The van der Waals surface area contributed by atoms with Crippen molar-refractivity contribution in [1.29, 1.82) is 0 Å². The minimum absolute atomic E-state index is 0.00114. The van der Waals surface area contributed by atoms with E-state index in [1.54, 1.807) is 12.1 Å². The Balaban J connectivity index is 1.83. The molecule has 2 saturated heterocycles. The largest absolute Gasteiger partial charge is 0.393 e. The molecule has 2 aliphatic rings. The Labute approximate surface area is 171 Å². The fourth-order valence-corrected chi connectivity index (χ4v) is 5.75. The maximum atomic E-state index is 13.1.